The minimum Gasteiger partial charge on any atom is -0.481 e. The molecule has 5 nitrogen and oxygen atoms in total. The first-order chi connectivity index (χ1) is 9.17. The van der Waals surface area contributed by atoms with Gasteiger partial charge in [-0.1, -0.05) is 31.3 Å². The van der Waals surface area contributed by atoms with Crippen LogP contribution in [0.2, 0.25) is 0 Å². The molecule has 0 spiro atoms. The molecule has 0 amide bonds. The third kappa shape index (κ3) is 4.17. The van der Waals surface area contributed by atoms with E-state index in [0.29, 0.717) is 18.3 Å². The van der Waals surface area contributed by atoms with Crippen LogP contribution in [0.25, 0.3) is 0 Å². The predicted octanol–water partition coefficient (Wildman–Crippen LogP) is 2.75. The molecule has 0 bridgehead atoms. The van der Waals surface area contributed by atoms with Gasteiger partial charge in [-0.05, 0) is 11.5 Å². The summed E-state index contributed by atoms with van der Waals surface area (Å²) in [5.74, 6) is 1.23. The van der Waals surface area contributed by atoms with Gasteiger partial charge in [0.15, 0.2) is 0 Å². The van der Waals surface area contributed by atoms with Crippen LogP contribution < -0.4 is 10.1 Å². The van der Waals surface area contributed by atoms with Crippen molar-refractivity contribution in [1.82, 2.24) is 15.2 Å². The molecule has 0 aromatic carbocycles. The first-order valence-electron chi connectivity index (χ1n) is 6.22. The van der Waals surface area contributed by atoms with E-state index in [0.717, 1.165) is 22.1 Å². The van der Waals surface area contributed by atoms with Gasteiger partial charge in [-0.25, -0.2) is 4.98 Å². The van der Waals surface area contributed by atoms with Crippen molar-refractivity contribution in [3.05, 3.63) is 28.9 Å². The largest absolute Gasteiger partial charge is 0.481 e. The zero-order valence-electron chi connectivity index (χ0n) is 11.4. The van der Waals surface area contributed by atoms with Crippen molar-refractivity contribution < 1.29 is 4.74 Å². The fourth-order valence-electron chi connectivity index (χ4n) is 1.57. The summed E-state index contributed by atoms with van der Waals surface area (Å²) >= 11 is 1.61. The summed E-state index contributed by atoms with van der Waals surface area (Å²) in [4.78, 5) is 4.16. The van der Waals surface area contributed by atoms with E-state index < -0.39 is 0 Å². The Bertz CT molecular complexity index is 510. The second-order valence-corrected chi connectivity index (χ2v) is 5.72. The Morgan fingerprint density at radius 1 is 1.32 bits per heavy atom. The lowest BCUT2D eigenvalue weighted by atomic mass is 10.1. The highest BCUT2D eigenvalue weighted by molar-refractivity contribution is 7.15. The maximum absolute atomic E-state index is 5.02. The summed E-state index contributed by atoms with van der Waals surface area (Å²) < 4.78 is 5.02. The molecule has 0 saturated heterocycles. The van der Waals surface area contributed by atoms with Crippen molar-refractivity contribution >= 4 is 16.5 Å². The van der Waals surface area contributed by atoms with E-state index in [-0.39, 0.29) is 0 Å². The Kier molecular flexibility index (Phi) is 4.68. The molecule has 0 fully saturated rings. The number of aromatic nitrogens is 3. The molecule has 1 N–H and O–H groups in total. The molecule has 2 rings (SSSR count). The smallest absolute Gasteiger partial charge is 0.212 e. The van der Waals surface area contributed by atoms with Crippen molar-refractivity contribution in [2.45, 2.75) is 26.8 Å². The number of pyridine rings is 1. The molecule has 0 aliphatic rings. The predicted molar refractivity (Wildman–Crippen MR) is 76.6 cm³/mol. The summed E-state index contributed by atoms with van der Waals surface area (Å²) in [6.45, 7) is 5.04. The molecule has 0 aliphatic heterocycles. The quantitative estimate of drug-likeness (QED) is 0.880. The molecule has 0 atom stereocenters. The van der Waals surface area contributed by atoms with Gasteiger partial charge in [0.2, 0.25) is 11.0 Å². The van der Waals surface area contributed by atoms with Gasteiger partial charge in [-0.15, -0.1) is 10.2 Å². The van der Waals surface area contributed by atoms with Crippen molar-refractivity contribution in [2.24, 2.45) is 5.92 Å². The number of rotatable bonds is 6. The van der Waals surface area contributed by atoms with E-state index in [1.807, 2.05) is 12.1 Å². The lowest BCUT2D eigenvalue weighted by Crippen LogP contribution is -1.99. The molecule has 6 heteroatoms. The van der Waals surface area contributed by atoms with Crippen LogP contribution in [0.5, 0.6) is 5.88 Å². The molecule has 2 aromatic rings. The van der Waals surface area contributed by atoms with Crippen LogP contribution in [0, 0.1) is 5.92 Å². The van der Waals surface area contributed by atoms with Gasteiger partial charge in [-0.2, -0.15) is 0 Å². The van der Waals surface area contributed by atoms with Crippen LogP contribution in [0.1, 0.15) is 24.4 Å². The van der Waals surface area contributed by atoms with Crippen molar-refractivity contribution in [1.29, 1.82) is 0 Å². The Morgan fingerprint density at radius 3 is 2.79 bits per heavy atom. The minimum absolute atomic E-state index is 0.603. The first kappa shape index (κ1) is 13.7. The number of methoxy groups -OCH3 is 1. The van der Waals surface area contributed by atoms with E-state index in [4.69, 9.17) is 4.74 Å². The van der Waals surface area contributed by atoms with Crippen LogP contribution in [0.3, 0.4) is 0 Å². The number of nitrogens with one attached hydrogen (secondary N) is 1. The molecule has 0 radical (unpaired) electrons. The van der Waals surface area contributed by atoms with Gasteiger partial charge in [0, 0.05) is 25.2 Å². The Labute approximate surface area is 117 Å². The number of ether oxygens (including phenoxy) is 1. The van der Waals surface area contributed by atoms with Crippen molar-refractivity contribution in [3.63, 3.8) is 0 Å². The molecule has 2 heterocycles. The molecular weight excluding hydrogens is 260 g/mol. The number of hydrogen-bond acceptors (Lipinski definition) is 6. The number of anilines is 1. The highest BCUT2D eigenvalue weighted by Gasteiger charge is 2.06. The minimum atomic E-state index is 0.603. The van der Waals surface area contributed by atoms with E-state index in [1.54, 1.807) is 24.6 Å². The standard InChI is InChI=1S/C13H18N4OS/c1-9(2)6-12-16-17-13(19-12)15-8-10-4-5-11(18-3)14-7-10/h4-5,7,9H,6,8H2,1-3H3,(H,15,17). The van der Waals surface area contributed by atoms with Crippen LogP contribution >= 0.6 is 11.3 Å². The zero-order chi connectivity index (χ0) is 13.7. The highest BCUT2D eigenvalue weighted by atomic mass is 32.1. The molecule has 102 valence electrons. The van der Waals surface area contributed by atoms with Crippen LogP contribution in [-0.2, 0) is 13.0 Å². The molecule has 19 heavy (non-hydrogen) atoms. The fraction of sp³-hybridized carbons (Fsp3) is 0.462. The first-order valence-corrected chi connectivity index (χ1v) is 7.04. The van der Waals surface area contributed by atoms with E-state index >= 15 is 0 Å². The maximum Gasteiger partial charge on any atom is 0.212 e. The highest BCUT2D eigenvalue weighted by Crippen LogP contribution is 2.19. The number of hydrogen-bond donors (Lipinski definition) is 1. The number of nitrogens with zero attached hydrogens (tertiary/aromatic N) is 3. The summed E-state index contributed by atoms with van der Waals surface area (Å²) in [5.41, 5.74) is 1.08. The third-order valence-electron chi connectivity index (χ3n) is 2.50. The summed E-state index contributed by atoms with van der Waals surface area (Å²) in [5, 5.41) is 13.5. The molecule has 0 aliphatic carbocycles. The van der Waals surface area contributed by atoms with Gasteiger partial charge in [0.25, 0.3) is 0 Å². The average Bonchev–Trinajstić information content (AvgIpc) is 2.84. The van der Waals surface area contributed by atoms with Gasteiger partial charge < -0.3 is 10.1 Å². The zero-order valence-corrected chi connectivity index (χ0v) is 12.2. The Hall–Kier alpha value is -1.69. The lowest BCUT2D eigenvalue weighted by molar-refractivity contribution is 0.397. The second kappa shape index (κ2) is 6.47. The maximum atomic E-state index is 5.02. The van der Waals surface area contributed by atoms with Crippen LogP contribution in [-0.4, -0.2) is 22.3 Å². The van der Waals surface area contributed by atoms with E-state index in [1.165, 1.54) is 0 Å². The molecule has 0 unspecified atom stereocenters. The normalized spacial score (nSPS) is 10.7. The monoisotopic (exact) mass is 278 g/mol. The summed E-state index contributed by atoms with van der Waals surface area (Å²) in [7, 11) is 1.61. The van der Waals surface area contributed by atoms with Gasteiger partial charge in [0.05, 0.1) is 7.11 Å². The molecular formula is C13H18N4OS. The Balaban J connectivity index is 1.89. The lowest BCUT2D eigenvalue weighted by Gasteiger charge is -2.03. The van der Waals surface area contributed by atoms with Gasteiger partial charge in [0.1, 0.15) is 5.01 Å². The third-order valence-corrected chi connectivity index (χ3v) is 3.40. The van der Waals surface area contributed by atoms with Crippen molar-refractivity contribution in [2.75, 3.05) is 12.4 Å². The molecule has 0 saturated carbocycles. The van der Waals surface area contributed by atoms with E-state index in [2.05, 4.69) is 34.3 Å². The summed E-state index contributed by atoms with van der Waals surface area (Å²) in [6.07, 6.45) is 2.77. The van der Waals surface area contributed by atoms with E-state index in [9.17, 15) is 0 Å². The second-order valence-electron chi connectivity index (χ2n) is 4.66. The topological polar surface area (TPSA) is 59.9 Å². The molecule has 2 aromatic heterocycles. The van der Waals surface area contributed by atoms with Gasteiger partial charge >= 0.3 is 0 Å². The fourth-order valence-corrected chi connectivity index (χ4v) is 2.52. The Morgan fingerprint density at radius 2 is 2.16 bits per heavy atom. The summed E-state index contributed by atoms with van der Waals surface area (Å²) in [6, 6.07) is 3.83. The van der Waals surface area contributed by atoms with Crippen LogP contribution in [0.15, 0.2) is 18.3 Å². The average molecular weight is 278 g/mol. The SMILES string of the molecule is COc1ccc(CNc2nnc(CC(C)C)s2)cn1. The van der Waals surface area contributed by atoms with Gasteiger partial charge in [-0.3, -0.25) is 0 Å². The van der Waals surface area contributed by atoms with Crippen LogP contribution in [0.4, 0.5) is 5.13 Å². The van der Waals surface area contributed by atoms with Crippen molar-refractivity contribution in [3.8, 4) is 5.88 Å².